The van der Waals surface area contributed by atoms with E-state index in [0.29, 0.717) is 0 Å². The van der Waals surface area contributed by atoms with Gasteiger partial charge in [0, 0.05) is 16.8 Å². The highest BCUT2D eigenvalue weighted by Crippen LogP contribution is 2.22. The van der Waals surface area contributed by atoms with E-state index in [1.807, 2.05) is 0 Å². The summed E-state index contributed by atoms with van der Waals surface area (Å²) < 4.78 is 36.4. The highest BCUT2D eigenvalue weighted by Gasteiger charge is 2.30. The van der Waals surface area contributed by atoms with Crippen molar-refractivity contribution in [3.8, 4) is 0 Å². The summed E-state index contributed by atoms with van der Waals surface area (Å²) >= 11 is 5.69. The van der Waals surface area contributed by atoms with Crippen molar-refractivity contribution in [2.24, 2.45) is 0 Å². The molecule has 1 aromatic carbocycles. The third-order valence-electron chi connectivity index (χ3n) is 2.32. The van der Waals surface area contributed by atoms with Crippen molar-refractivity contribution in [2.45, 2.75) is 25.6 Å². The van der Waals surface area contributed by atoms with E-state index < -0.39 is 30.6 Å². The molecule has 9 heteroatoms. The standard InChI is InChI=1S/C12H12ClF3N2O3/c1-6(5-12(14,15)16)17-11(21)18-9-3-7(10(19)20)2-8(13)4-9/h2-4,6H,5H2,1H3,(H,19,20)(H2,17,18,21). The van der Waals surface area contributed by atoms with Crippen LogP contribution < -0.4 is 10.6 Å². The number of hydrogen-bond donors (Lipinski definition) is 3. The fourth-order valence-corrected chi connectivity index (χ4v) is 1.81. The zero-order chi connectivity index (χ0) is 16.2. The van der Waals surface area contributed by atoms with Crippen molar-refractivity contribution in [1.29, 1.82) is 0 Å². The third-order valence-corrected chi connectivity index (χ3v) is 2.54. The van der Waals surface area contributed by atoms with Crippen LogP contribution in [0.2, 0.25) is 5.02 Å². The van der Waals surface area contributed by atoms with E-state index in [1.54, 1.807) is 0 Å². The number of halogens is 4. The molecule has 0 aromatic heterocycles. The highest BCUT2D eigenvalue weighted by atomic mass is 35.5. The van der Waals surface area contributed by atoms with Crippen LogP contribution in [-0.4, -0.2) is 29.3 Å². The number of aromatic carboxylic acids is 1. The van der Waals surface area contributed by atoms with Crippen molar-refractivity contribution in [3.05, 3.63) is 28.8 Å². The summed E-state index contributed by atoms with van der Waals surface area (Å²) in [5.74, 6) is -1.24. The molecule has 5 nitrogen and oxygen atoms in total. The molecule has 1 aromatic rings. The van der Waals surface area contributed by atoms with Crippen LogP contribution in [0.5, 0.6) is 0 Å². The SMILES string of the molecule is CC(CC(F)(F)F)NC(=O)Nc1cc(Cl)cc(C(=O)O)c1. The van der Waals surface area contributed by atoms with Gasteiger partial charge in [-0.05, 0) is 25.1 Å². The van der Waals surface area contributed by atoms with Crippen molar-refractivity contribution in [1.82, 2.24) is 5.32 Å². The molecule has 0 aliphatic rings. The van der Waals surface area contributed by atoms with Gasteiger partial charge in [-0.2, -0.15) is 13.2 Å². The summed E-state index contributed by atoms with van der Waals surface area (Å²) in [4.78, 5) is 22.3. The molecule has 0 saturated heterocycles. The van der Waals surface area contributed by atoms with Crippen molar-refractivity contribution in [3.63, 3.8) is 0 Å². The molecular formula is C12H12ClF3N2O3. The van der Waals surface area contributed by atoms with Gasteiger partial charge in [-0.25, -0.2) is 9.59 Å². The molecule has 0 spiro atoms. The van der Waals surface area contributed by atoms with Crippen LogP contribution in [0, 0.1) is 0 Å². The molecule has 1 atom stereocenters. The molecule has 0 aliphatic heterocycles. The predicted molar refractivity (Wildman–Crippen MR) is 70.7 cm³/mol. The topological polar surface area (TPSA) is 78.4 Å². The van der Waals surface area contributed by atoms with Gasteiger partial charge in [0.1, 0.15) is 0 Å². The summed E-state index contributed by atoms with van der Waals surface area (Å²) in [6, 6.07) is 1.59. The minimum atomic E-state index is -4.39. The largest absolute Gasteiger partial charge is 0.478 e. The van der Waals surface area contributed by atoms with E-state index in [2.05, 4.69) is 10.6 Å². The number of amides is 2. The molecule has 0 saturated carbocycles. The summed E-state index contributed by atoms with van der Waals surface area (Å²) in [5, 5.41) is 13.2. The maximum Gasteiger partial charge on any atom is 0.391 e. The number of hydrogen-bond acceptors (Lipinski definition) is 2. The first-order valence-electron chi connectivity index (χ1n) is 5.75. The molecule has 116 valence electrons. The van der Waals surface area contributed by atoms with Gasteiger partial charge >= 0.3 is 18.2 Å². The number of carbonyl (C=O) groups excluding carboxylic acids is 1. The minimum absolute atomic E-state index is 0.0663. The zero-order valence-electron chi connectivity index (χ0n) is 10.8. The molecular weight excluding hydrogens is 313 g/mol. The fourth-order valence-electron chi connectivity index (χ4n) is 1.57. The number of rotatable bonds is 4. The number of urea groups is 1. The van der Waals surface area contributed by atoms with Gasteiger partial charge in [0.25, 0.3) is 0 Å². The van der Waals surface area contributed by atoms with E-state index in [9.17, 15) is 22.8 Å². The van der Waals surface area contributed by atoms with Crippen LogP contribution >= 0.6 is 11.6 Å². The predicted octanol–water partition coefficient (Wildman–Crippen LogP) is 3.50. The van der Waals surface area contributed by atoms with Crippen LogP contribution in [0.25, 0.3) is 0 Å². The number of carbonyl (C=O) groups is 2. The van der Waals surface area contributed by atoms with E-state index >= 15 is 0 Å². The van der Waals surface area contributed by atoms with E-state index in [0.717, 1.165) is 6.07 Å². The lowest BCUT2D eigenvalue weighted by Crippen LogP contribution is -2.38. The summed E-state index contributed by atoms with van der Waals surface area (Å²) in [7, 11) is 0. The smallest absolute Gasteiger partial charge is 0.391 e. The molecule has 2 amide bonds. The normalized spacial score (nSPS) is 12.6. The zero-order valence-corrected chi connectivity index (χ0v) is 11.5. The second-order valence-corrected chi connectivity index (χ2v) is 4.79. The van der Waals surface area contributed by atoms with Crippen molar-refractivity contribution >= 4 is 29.3 Å². The summed E-state index contributed by atoms with van der Waals surface area (Å²) in [5.41, 5.74) is -0.0854. The molecule has 0 fully saturated rings. The van der Waals surface area contributed by atoms with E-state index in [4.69, 9.17) is 16.7 Å². The number of carboxylic acids is 1. The average Bonchev–Trinajstić information content (AvgIpc) is 2.24. The van der Waals surface area contributed by atoms with Gasteiger partial charge in [-0.15, -0.1) is 0 Å². The first kappa shape index (κ1) is 17.1. The number of alkyl halides is 3. The highest BCUT2D eigenvalue weighted by molar-refractivity contribution is 6.31. The van der Waals surface area contributed by atoms with Crippen molar-refractivity contribution in [2.75, 3.05) is 5.32 Å². The second-order valence-electron chi connectivity index (χ2n) is 4.35. The quantitative estimate of drug-likeness (QED) is 0.793. The Morgan fingerprint density at radius 3 is 2.48 bits per heavy atom. The molecule has 0 bridgehead atoms. The molecule has 0 aliphatic carbocycles. The van der Waals surface area contributed by atoms with Gasteiger partial charge in [0.2, 0.25) is 0 Å². The monoisotopic (exact) mass is 324 g/mol. The summed E-state index contributed by atoms with van der Waals surface area (Å²) in [6.45, 7) is 1.20. The second kappa shape index (κ2) is 6.66. The maximum atomic E-state index is 12.1. The van der Waals surface area contributed by atoms with Gasteiger partial charge in [0.15, 0.2) is 0 Å². The van der Waals surface area contributed by atoms with Gasteiger partial charge < -0.3 is 15.7 Å². The lowest BCUT2D eigenvalue weighted by molar-refractivity contribution is -0.138. The van der Waals surface area contributed by atoms with Crippen molar-refractivity contribution < 1.29 is 27.9 Å². The van der Waals surface area contributed by atoms with Gasteiger partial charge in [-0.3, -0.25) is 0 Å². The number of nitrogens with one attached hydrogen (secondary N) is 2. The summed E-state index contributed by atoms with van der Waals surface area (Å²) in [6.07, 6.45) is -5.56. The first-order chi connectivity index (χ1) is 9.56. The minimum Gasteiger partial charge on any atom is -0.478 e. The number of anilines is 1. The van der Waals surface area contributed by atoms with Gasteiger partial charge in [-0.1, -0.05) is 11.6 Å². The Kier molecular flexibility index (Phi) is 5.42. The maximum absolute atomic E-state index is 12.1. The number of benzene rings is 1. The number of carboxylic acid groups (broad SMARTS) is 1. The van der Waals surface area contributed by atoms with Crippen LogP contribution in [0.1, 0.15) is 23.7 Å². The molecule has 0 heterocycles. The molecule has 3 N–H and O–H groups in total. The lowest BCUT2D eigenvalue weighted by Gasteiger charge is -2.16. The fraction of sp³-hybridized carbons (Fsp3) is 0.333. The van der Waals surface area contributed by atoms with Crippen LogP contribution in [0.15, 0.2) is 18.2 Å². The molecule has 21 heavy (non-hydrogen) atoms. The molecule has 0 radical (unpaired) electrons. The van der Waals surface area contributed by atoms with Crippen LogP contribution in [0.3, 0.4) is 0 Å². The Morgan fingerprint density at radius 1 is 1.33 bits per heavy atom. The Morgan fingerprint density at radius 2 is 1.95 bits per heavy atom. The average molecular weight is 325 g/mol. The first-order valence-corrected chi connectivity index (χ1v) is 6.13. The lowest BCUT2D eigenvalue weighted by atomic mass is 10.2. The molecule has 1 rings (SSSR count). The third kappa shape index (κ3) is 6.35. The van der Waals surface area contributed by atoms with Gasteiger partial charge in [0.05, 0.1) is 12.0 Å². The Labute approximate surface area is 123 Å². The van der Waals surface area contributed by atoms with E-state index in [-0.39, 0.29) is 16.3 Å². The molecule has 1 unspecified atom stereocenters. The van der Waals surface area contributed by atoms with Crippen LogP contribution in [-0.2, 0) is 0 Å². The Bertz CT molecular complexity index is 549. The van der Waals surface area contributed by atoms with E-state index in [1.165, 1.54) is 19.1 Å². The van der Waals surface area contributed by atoms with Crippen LogP contribution in [0.4, 0.5) is 23.7 Å². The Balaban J connectivity index is 2.69. The Hall–Kier alpha value is -1.96.